The number of rotatable bonds is 4. The zero-order valence-corrected chi connectivity index (χ0v) is 9.45. The second kappa shape index (κ2) is 5.33. The molecule has 0 spiro atoms. The van der Waals surface area contributed by atoms with Crippen LogP contribution in [0.4, 0.5) is 0 Å². The van der Waals surface area contributed by atoms with Gasteiger partial charge in [-0.25, -0.2) is 0 Å². The Hall–Kier alpha value is -0.590. The summed E-state index contributed by atoms with van der Waals surface area (Å²) < 4.78 is 0. The first-order valence-electron chi connectivity index (χ1n) is 5.45. The Labute approximate surface area is 87.1 Å². The van der Waals surface area contributed by atoms with Gasteiger partial charge in [0.25, 0.3) is 0 Å². The Kier molecular flexibility index (Phi) is 4.37. The SMILES string of the molecule is CC(C)C(C#N)CNC1CCN(C)C1. The third kappa shape index (κ3) is 3.28. The first-order chi connectivity index (χ1) is 6.63. The maximum absolute atomic E-state index is 8.92. The van der Waals surface area contributed by atoms with E-state index in [0.717, 1.165) is 13.1 Å². The van der Waals surface area contributed by atoms with Crippen molar-refractivity contribution < 1.29 is 0 Å². The average Bonchev–Trinajstić information content (AvgIpc) is 2.52. The number of hydrogen-bond acceptors (Lipinski definition) is 3. The highest BCUT2D eigenvalue weighted by atomic mass is 15.2. The molecule has 1 heterocycles. The van der Waals surface area contributed by atoms with Crippen molar-refractivity contribution in [2.45, 2.75) is 26.3 Å². The lowest BCUT2D eigenvalue weighted by Gasteiger charge is -2.17. The van der Waals surface area contributed by atoms with Gasteiger partial charge in [-0.3, -0.25) is 0 Å². The molecule has 1 saturated heterocycles. The summed E-state index contributed by atoms with van der Waals surface area (Å²) in [4.78, 5) is 2.33. The summed E-state index contributed by atoms with van der Waals surface area (Å²) in [5.41, 5.74) is 0. The molecule has 0 aromatic rings. The highest BCUT2D eigenvalue weighted by Crippen LogP contribution is 2.10. The van der Waals surface area contributed by atoms with Crippen LogP contribution in [0.25, 0.3) is 0 Å². The molecule has 0 radical (unpaired) electrons. The molecular formula is C11H21N3. The Bertz CT molecular complexity index is 207. The highest BCUT2D eigenvalue weighted by Gasteiger charge is 2.20. The Morgan fingerprint density at radius 1 is 1.57 bits per heavy atom. The summed E-state index contributed by atoms with van der Waals surface area (Å²) in [5.74, 6) is 0.604. The van der Waals surface area contributed by atoms with Gasteiger partial charge >= 0.3 is 0 Å². The molecule has 0 aliphatic carbocycles. The van der Waals surface area contributed by atoms with Gasteiger partial charge < -0.3 is 10.2 Å². The summed E-state index contributed by atoms with van der Waals surface area (Å²) >= 11 is 0. The van der Waals surface area contributed by atoms with Crippen LogP contribution in [-0.2, 0) is 0 Å². The van der Waals surface area contributed by atoms with E-state index in [2.05, 4.69) is 37.2 Å². The smallest absolute Gasteiger partial charge is 0.0671 e. The Balaban J connectivity index is 2.23. The van der Waals surface area contributed by atoms with Crippen LogP contribution >= 0.6 is 0 Å². The quantitative estimate of drug-likeness (QED) is 0.729. The van der Waals surface area contributed by atoms with Crippen LogP contribution in [-0.4, -0.2) is 37.6 Å². The number of hydrogen-bond donors (Lipinski definition) is 1. The summed E-state index contributed by atoms with van der Waals surface area (Å²) in [6.45, 7) is 7.35. The number of likely N-dealkylation sites (tertiary alicyclic amines) is 1. The van der Waals surface area contributed by atoms with Crippen LogP contribution in [0.2, 0.25) is 0 Å². The molecule has 1 aliphatic heterocycles. The molecule has 0 bridgehead atoms. The molecule has 2 unspecified atom stereocenters. The fraction of sp³-hybridized carbons (Fsp3) is 0.909. The average molecular weight is 195 g/mol. The van der Waals surface area contributed by atoms with E-state index in [1.807, 2.05) is 0 Å². The van der Waals surface area contributed by atoms with Crippen LogP contribution in [0.3, 0.4) is 0 Å². The molecule has 3 heteroatoms. The number of likely N-dealkylation sites (N-methyl/N-ethyl adjacent to an activating group) is 1. The molecule has 0 amide bonds. The topological polar surface area (TPSA) is 39.1 Å². The molecular weight excluding hydrogens is 174 g/mol. The monoisotopic (exact) mass is 195 g/mol. The molecule has 3 nitrogen and oxygen atoms in total. The van der Waals surface area contributed by atoms with Crippen molar-refractivity contribution in [3.05, 3.63) is 0 Å². The largest absolute Gasteiger partial charge is 0.311 e. The van der Waals surface area contributed by atoms with E-state index >= 15 is 0 Å². The van der Waals surface area contributed by atoms with Crippen molar-refractivity contribution in [1.29, 1.82) is 5.26 Å². The van der Waals surface area contributed by atoms with Gasteiger partial charge in [0.2, 0.25) is 0 Å². The van der Waals surface area contributed by atoms with Gasteiger partial charge in [0, 0.05) is 19.1 Å². The zero-order valence-electron chi connectivity index (χ0n) is 9.45. The lowest BCUT2D eigenvalue weighted by molar-refractivity contribution is 0.377. The van der Waals surface area contributed by atoms with Crippen LogP contribution in [0.15, 0.2) is 0 Å². The second-order valence-corrected chi connectivity index (χ2v) is 4.64. The van der Waals surface area contributed by atoms with Gasteiger partial charge in [0.1, 0.15) is 0 Å². The first kappa shape index (κ1) is 11.5. The van der Waals surface area contributed by atoms with E-state index < -0.39 is 0 Å². The molecule has 0 aromatic heterocycles. The summed E-state index contributed by atoms with van der Waals surface area (Å²) in [7, 11) is 2.14. The lowest BCUT2D eigenvalue weighted by atomic mass is 9.97. The van der Waals surface area contributed by atoms with Gasteiger partial charge in [0.05, 0.1) is 12.0 Å². The van der Waals surface area contributed by atoms with Gasteiger partial charge in [-0.2, -0.15) is 5.26 Å². The fourth-order valence-electron chi connectivity index (χ4n) is 1.83. The number of nitrogens with one attached hydrogen (secondary N) is 1. The van der Waals surface area contributed by atoms with Crippen molar-refractivity contribution >= 4 is 0 Å². The molecule has 1 rings (SSSR count). The fourth-order valence-corrected chi connectivity index (χ4v) is 1.83. The number of nitriles is 1. The molecule has 0 saturated carbocycles. The van der Waals surface area contributed by atoms with Crippen LogP contribution in [0.5, 0.6) is 0 Å². The minimum absolute atomic E-state index is 0.154. The zero-order chi connectivity index (χ0) is 10.6. The number of nitrogens with zero attached hydrogens (tertiary/aromatic N) is 2. The van der Waals surface area contributed by atoms with Crippen molar-refractivity contribution in [2.75, 3.05) is 26.7 Å². The normalized spacial score (nSPS) is 25.2. The first-order valence-corrected chi connectivity index (χ1v) is 5.45. The van der Waals surface area contributed by atoms with E-state index in [1.54, 1.807) is 0 Å². The van der Waals surface area contributed by atoms with E-state index in [-0.39, 0.29) is 5.92 Å². The minimum atomic E-state index is 0.154. The third-order valence-corrected chi connectivity index (χ3v) is 2.99. The summed E-state index contributed by atoms with van der Waals surface area (Å²) in [6, 6.07) is 2.95. The summed E-state index contributed by atoms with van der Waals surface area (Å²) in [6.07, 6.45) is 1.22. The molecule has 1 aliphatic rings. The maximum Gasteiger partial charge on any atom is 0.0671 e. The van der Waals surface area contributed by atoms with E-state index in [4.69, 9.17) is 5.26 Å². The van der Waals surface area contributed by atoms with Gasteiger partial charge in [-0.05, 0) is 25.9 Å². The van der Waals surface area contributed by atoms with Crippen molar-refractivity contribution in [3.8, 4) is 6.07 Å². The van der Waals surface area contributed by atoms with Gasteiger partial charge in [0.15, 0.2) is 0 Å². The maximum atomic E-state index is 8.92. The van der Waals surface area contributed by atoms with Gasteiger partial charge in [-0.15, -0.1) is 0 Å². The molecule has 1 fully saturated rings. The second-order valence-electron chi connectivity index (χ2n) is 4.64. The summed E-state index contributed by atoms with van der Waals surface area (Å²) in [5, 5.41) is 12.4. The van der Waals surface area contributed by atoms with E-state index in [9.17, 15) is 0 Å². The predicted octanol–water partition coefficient (Wildman–Crippen LogP) is 1.08. The molecule has 1 N–H and O–H groups in total. The highest BCUT2D eigenvalue weighted by molar-refractivity contribution is 4.89. The molecule has 2 atom stereocenters. The lowest BCUT2D eigenvalue weighted by Crippen LogP contribution is -2.36. The van der Waals surface area contributed by atoms with Crippen LogP contribution in [0, 0.1) is 23.2 Å². The molecule has 14 heavy (non-hydrogen) atoms. The molecule has 0 aromatic carbocycles. The molecule has 80 valence electrons. The van der Waals surface area contributed by atoms with E-state index in [1.165, 1.54) is 13.0 Å². The van der Waals surface area contributed by atoms with Crippen LogP contribution in [0.1, 0.15) is 20.3 Å². The third-order valence-electron chi connectivity index (χ3n) is 2.99. The Morgan fingerprint density at radius 3 is 2.71 bits per heavy atom. The van der Waals surface area contributed by atoms with E-state index in [0.29, 0.717) is 12.0 Å². The predicted molar refractivity (Wildman–Crippen MR) is 57.8 cm³/mol. The standard InChI is InChI=1S/C11H21N3/c1-9(2)10(6-12)7-13-11-4-5-14(3)8-11/h9-11,13H,4-5,7-8H2,1-3H3. The van der Waals surface area contributed by atoms with Crippen molar-refractivity contribution in [2.24, 2.45) is 11.8 Å². The van der Waals surface area contributed by atoms with Crippen molar-refractivity contribution in [3.63, 3.8) is 0 Å². The Morgan fingerprint density at radius 2 is 2.29 bits per heavy atom. The minimum Gasteiger partial charge on any atom is -0.311 e. The van der Waals surface area contributed by atoms with Crippen LogP contribution < -0.4 is 5.32 Å². The van der Waals surface area contributed by atoms with Crippen molar-refractivity contribution in [1.82, 2.24) is 10.2 Å². The van der Waals surface area contributed by atoms with Gasteiger partial charge in [-0.1, -0.05) is 13.8 Å².